The largest absolute Gasteiger partial charge is 0.358 e. The highest BCUT2D eigenvalue weighted by molar-refractivity contribution is 7.99. The molecule has 0 unspecified atom stereocenters. The molecule has 0 bridgehead atoms. The first-order valence-corrected chi connectivity index (χ1v) is 12.9. The molecule has 10 heteroatoms. The summed E-state index contributed by atoms with van der Waals surface area (Å²) in [5.41, 5.74) is 1.47. The van der Waals surface area contributed by atoms with Crippen molar-refractivity contribution in [1.29, 1.82) is 0 Å². The molecule has 1 aliphatic carbocycles. The molecule has 2 N–H and O–H groups in total. The van der Waals surface area contributed by atoms with E-state index in [-0.39, 0.29) is 23.0 Å². The summed E-state index contributed by atoms with van der Waals surface area (Å²) in [6.45, 7) is 1.15. The third-order valence-corrected chi connectivity index (χ3v) is 7.62. The van der Waals surface area contributed by atoms with E-state index in [4.69, 9.17) is 11.6 Å². The molecular weight excluding hydrogens is 489 g/mol. The molecule has 1 fully saturated rings. The number of hydrogen-bond acceptors (Lipinski definition) is 6. The smallest absolute Gasteiger partial charge is 0.280 e. The van der Waals surface area contributed by atoms with Gasteiger partial charge in [0.15, 0.2) is 5.16 Å². The lowest BCUT2D eigenvalue weighted by Crippen LogP contribution is -2.43. The molecule has 0 saturated heterocycles. The molecule has 1 amide bonds. The van der Waals surface area contributed by atoms with Crippen molar-refractivity contribution in [3.8, 4) is 5.69 Å². The number of halogens is 2. The molecule has 7 nitrogen and oxygen atoms in total. The number of anilines is 2. The molecule has 1 aromatic heterocycles. The van der Waals surface area contributed by atoms with Crippen LogP contribution in [-0.2, 0) is 11.3 Å². The number of nitrogens with one attached hydrogen (secondary N) is 2. The standard InChI is InChI=1S/C25H25ClFN5O2S/c26-20-7-3-4-8-21(20)32-23-19(13-31(15-28-23)18-5-1-2-6-18)24(34)30-25(32)35-14-22(33)29-17-11-9-16(27)10-12-17/h3-4,7-12,18,28H,1-2,5-6,13-15H2,(H,29,33). The maximum absolute atomic E-state index is 13.1. The van der Waals surface area contributed by atoms with Crippen molar-refractivity contribution >= 4 is 40.8 Å². The van der Waals surface area contributed by atoms with Crippen LogP contribution in [0.5, 0.6) is 0 Å². The van der Waals surface area contributed by atoms with Crippen LogP contribution in [0.3, 0.4) is 0 Å². The molecule has 35 heavy (non-hydrogen) atoms. The van der Waals surface area contributed by atoms with Crippen LogP contribution in [0.15, 0.2) is 58.5 Å². The SMILES string of the molecule is O=C(CSc1nc(=O)c2c(n1-c1ccccc1Cl)NCN(C1CCCC1)C2)Nc1ccc(F)cc1. The van der Waals surface area contributed by atoms with Gasteiger partial charge in [0.2, 0.25) is 5.91 Å². The number of amides is 1. The highest BCUT2D eigenvalue weighted by Crippen LogP contribution is 2.34. The maximum Gasteiger partial charge on any atom is 0.280 e. The molecule has 182 valence electrons. The lowest BCUT2D eigenvalue weighted by atomic mass is 10.1. The molecule has 5 rings (SSSR count). The van der Waals surface area contributed by atoms with Crippen LogP contribution < -0.4 is 16.2 Å². The minimum absolute atomic E-state index is 0.0151. The summed E-state index contributed by atoms with van der Waals surface area (Å²) in [4.78, 5) is 32.3. The summed E-state index contributed by atoms with van der Waals surface area (Å²) in [6.07, 6.45) is 4.71. The molecule has 0 spiro atoms. The van der Waals surface area contributed by atoms with Gasteiger partial charge in [-0.2, -0.15) is 4.98 Å². The lowest BCUT2D eigenvalue weighted by Gasteiger charge is -2.35. The summed E-state index contributed by atoms with van der Waals surface area (Å²) < 4.78 is 15.0. The average Bonchev–Trinajstić information content (AvgIpc) is 3.40. The van der Waals surface area contributed by atoms with E-state index in [1.165, 1.54) is 37.1 Å². The van der Waals surface area contributed by atoms with Crippen molar-refractivity contribution in [2.24, 2.45) is 0 Å². The second-order valence-corrected chi connectivity index (χ2v) is 10.0. The number of hydrogen-bond donors (Lipinski definition) is 2. The van der Waals surface area contributed by atoms with E-state index in [1.807, 2.05) is 22.8 Å². The molecule has 2 heterocycles. The average molecular weight is 514 g/mol. The summed E-state index contributed by atoms with van der Waals surface area (Å²) in [6, 6.07) is 13.4. The number of benzene rings is 2. The number of fused-ring (bicyclic) bond motifs is 1. The Hall–Kier alpha value is -2.88. The van der Waals surface area contributed by atoms with Crippen LogP contribution in [0.1, 0.15) is 31.2 Å². The van der Waals surface area contributed by atoms with Crippen molar-refractivity contribution < 1.29 is 9.18 Å². The number of aromatic nitrogens is 2. The lowest BCUT2D eigenvalue weighted by molar-refractivity contribution is -0.113. The van der Waals surface area contributed by atoms with Crippen LogP contribution in [0.2, 0.25) is 5.02 Å². The van der Waals surface area contributed by atoms with Crippen LogP contribution in [-0.4, -0.2) is 38.8 Å². The first-order valence-electron chi connectivity index (χ1n) is 11.6. The Morgan fingerprint density at radius 2 is 1.91 bits per heavy atom. The second-order valence-electron chi connectivity index (χ2n) is 8.68. The van der Waals surface area contributed by atoms with Gasteiger partial charge in [-0.1, -0.05) is 48.3 Å². The van der Waals surface area contributed by atoms with Crippen molar-refractivity contribution in [2.45, 2.75) is 43.4 Å². The third kappa shape index (κ3) is 5.22. The number of thioether (sulfide) groups is 1. The van der Waals surface area contributed by atoms with Gasteiger partial charge in [-0.25, -0.2) is 4.39 Å². The van der Waals surface area contributed by atoms with Crippen LogP contribution in [0, 0.1) is 5.82 Å². The van der Waals surface area contributed by atoms with E-state index < -0.39 is 0 Å². The van der Waals surface area contributed by atoms with E-state index in [0.717, 1.165) is 24.6 Å². The highest BCUT2D eigenvalue weighted by Gasteiger charge is 2.30. The van der Waals surface area contributed by atoms with E-state index in [2.05, 4.69) is 20.5 Å². The van der Waals surface area contributed by atoms with E-state index in [9.17, 15) is 14.0 Å². The molecule has 0 atom stereocenters. The molecule has 2 aliphatic rings. The fourth-order valence-corrected chi connectivity index (χ4v) is 5.66. The fraction of sp³-hybridized carbons (Fsp3) is 0.320. The van der Waals surface area contributed by atoms with Gasteiger partial charge in [0.1, 0.15) is 11.6 Å². The minimum atomic E-state index is -0.376. The molecular formula is C25H25ClFN5O2S. The second kappa shape index (κ2) is 10.4. The third-order valence-electron chi connectivity index (χ3n) is 6.36. The Balaban J connectivity index is 1.45. The van der Waals surface area contributed by atoms with Gasteiger partial charge in [-0.3, -0.25) is 19.1 Å². The van der Waals surface area contributed by atoms with Crippen molar-refractivity contribution in [1.82, 2.24) is 14.5 Å². The highest BCUT2D eigenvalue weighted by atomic mass is 35.5. The zero-order chi connectivity index (χ0) is 24.4. The Bertz CT molecular complexity index is 1290. The monoisotopic (exact) mass is 513 g/mol. The normalized spacial score (nSPS) is 16.1. The van der Waals surface area contributed by atoms with Crippen LogP contribution >= 0.6 is 23.4 Å². The van der Waals surface area contributed by atoms with Gasteiger partial charge < -0.3 is 10.6 Å². The predicted octanol–water partition coefficient (Wildman–Crippen LogP) is 4.88. The zero-order valence-corrected chi connectivity index (χ0v) is 20.5. The summed E-state index contributed by atoms with van der Waals surface area (Å²) in [5, 5.41) is 7.06. The maximum atomic E-state index is 13.1. The zero-order valence-electron chi connectivity index (χ0n) is 19.0. The van der Waals surface area contributed by atoms with Gasteiger partial charge in [0.25, 0.3) is 5.56 Å². The van der Waals surface area contributed by atoms with Crippen molar-refractivity contribution in [2.75, 3.05) is 23.1 Å². The first kappa shape index (κ1) is 23.8. The fourth-order valence-electron chi connectivity index (χ4n) is 4.64. The number of carbonyl (C=O) groups is 1. The molecule has 2 aromatic carbocycles. The Morgan fingerprint density at radius 3 is 2.66 bits per heavy atom. The Morgan fingerprint density at radius 1 is 1.17 bits per heavy atom. The van der Waals surface area contributed by atoms with Gasteiger partial charge in [-0.05, 0) is 49.2 Å². The van der Waals surface area contributed by atoms with E-state index in [1.54, 1.807) is 6.07 Å². The van der Waals surface area contributed by atoms with E-state index in [0.29, 0.717) is 52.2 Å². The van der Waals surface area contributed by atoms with E-state index >= 15 is 0 Å². The topological polar surface area (TPSA) is 79.3 Å². The van der Waals surface area contributed by atoms with Crippen molar-refractivity contribution in [3.63, 3.8) is 0 Å². The van der Waals surface area contributed by atoms with Gasteiger partial charge in [-0.15, -0.1) is 0 Å². The Kier molecular flexibility index (Phi) is 7.08. The first-order chi connectivity index (χ1) is 17.0. The summed E-state index contributed by atoms with van der Waals surface area (Å²) in [5.74, 6) is 0.00757. The number of nitrogens with zero attached hydrogens (tertiary/aromatic N) is 3. The minimum Gasteiger partial charge on any atom is -0.358 e. The molecule has 1 aliphatic heterocycles. The molecule has 3 aromatic rings. The Labute approximate surface area is 211 Å². The van der Waals surface area contributed by atoms with Crippen molar-refractivity contribution in [3.05, 3.63) is 75.3 Å². The molecule has 0 radical (unpaired) electrons. The molecule has 1 saturated carbocycles. The van der Waals surface area contributed by atoms with Crippen LogP contribution in [0.4, 0.5) is 15.9 Å². The van der Waals surface area contributed by atoms with Gasteiger partial charge in [0.05, 0.1) is 28.7 Å². The van der Waals surface area contributed by atoms with Gasteiger partial charge >= 0.3 is 0 Å². The quantitative estimate of drug-likeness (QED) is 0.361. The van der Waals surface area contributed by atoms with Crippen LogP contribution in [0.25, 0.3) is 5.69 Å². The predicted molar refractivity (Wildman–Crippen MR) is 137 cm³/mol. The number of rotatable bonds is 6. The van der Waals surface area contributed by atoms with Gasteiger partial charge in [0, 0.05) is 18.3 Å². The number of carbonyl (C=O) groups excluding carboxylic acids is 1. The summed E-state index contributed by atoms with van der Waals surface area (Å²) >= 11 is 7.69. The summed E-state index contributed by atoms with van der Waals surface area (Å²) in [7, 11) is 0. The number of para-hydroxylation sites is 1.